The zero-order valence-corrected chi connectivity index (χ0v) is 43.6. The molecule has 360 valence electrons. The molecule has 0 radical (unpaired) electrons. The van der Waals surface area contributed by atoms with Gasteiger partial charge in [-0.2, -0.15) is 0 Å². The zero-order chi connectivity index (χ0) is 50.6. The van der Waals surface area contributed by atoms with Crippen molar-refractivity contribution in [2.75, 3.05) is 0 Å². The molecule has 0 spiro atoms. The van der Waals surface area contributed by atoms with E-state index >= 15 is 0 Å². The molecule has 16 aromatic rings. The lowest BCUT2D eigenvalue weighted by Crippen LogP contribution is -2.75. The molecule has 4 heterocycles. The Hall–Kier alpha value is -9.52. The Kier molecular flexibility index (Phi) is 9.83. The molecule has 4 aromatic heterocycles. The Labute approximate surface area is 449 Å². The molecular formula is C72H46N2OSSi. The van der Waals surface area contributed by atoms with Crippen LogP contribution in [0.1, 0.15) is 0 Å². The van der Waals surface area contributed by atoms with E-state index in [1.807, 2.05) is 11.3 Å². The Morgan fingerprint density at radius 2 is 0.792 bits per heavy atom. The first-order valence-electron chi connectivity index (χ1n) is 26.4. The van der Waals surface area contributed by atoms with Gasteiger partial charge in [-0.1, -0.05) is 212 Å². The predicted molar refractivity (Wildman–Crippen MR) is 330 cm³/mol. The van der Waals surface area contributed by atoms with Crippen molar-refractivity contribution in [2.45, 2.75) is 0 Å². The summed E-state index contributed by atoms with van der Waals surface area (Å²) in [4.78, 5) is 0. The van der Waals surface area contributed by atoms with Crippen LogP contribution in [0, 0.1) is 0 Å². The summed E-state index contributed by atoms with van der Waals surface area (Å²) >= 11 is 1.94. The molecular weight excluding hydrogens is 969 g/mol. The normalized spacial score (nSPS) is 12.2. The maximum atomic E-state index is 6.74. The fraction of sp³-hybridized carbons (Fsp3) is 0. The van der Waals surface area contributed by atoms with Gasteiger partial charge in [-0.25, -0.2) is 0 Å². The lowest BCUT2D eigenvalue weighted by Gasteiger charge is -2.35. The molecule has 0 bridgehead atoms. The van der Waals surface area contributed by atoms with Crippen molar-refractivity contribution in [3.05, 3.63) is 279 Å². The highest BCUT2D eigenvalue weighted by Crippen LogP contribution is 2.44. The highest BCUT2D eigenvalue weighted by molar-refractivity contribution is 7.31. The lowest BCUT2D eigenvalue weighted by atomic mass is 9.98. The van der Waals surface area contributed by atoms with E-state index in [0.29, 0.717) is 0 Å². The second kappa shape index (κ2) is 17.3. The lowest BCUT2D eigenvalue weighted by molar-refractivity contribution is 0.669. The van der Waals surface area contributed by atoms with Gasteiger partial charge in [-0.3, -0.25) is 0 Å². The number of hydrogen-bond acceptors (Lipinski definition) is 2. The van der Waals surface area contributed by atoms with Crippen LogP contribution in [0.15, 0.2) is 283 Å². The summed E-state index contributed by atoms with van der Waals surface area (Å²) in [7, 11) is -3.14. The van der Waals surface area contributed by atoms with Gasteiger partial charge in [-0.15, -0.1) is 11.3 Å². The van der Waals surface area contributed by atoms with Gasteiger partial charge >= 0.3 is 0 Å². The number of furan rings is 1. The molecule has 0 amide bonds. The SMILES string of the molecule is c1ccc(-c2cccc(-c3ccc4oc5cccc(-n6c7ccccc7c7c(-n8c9ccccc9c9c([Si](c%10ccccc%10)(c%10ccccc%10)c%10cccc%11c%10sc%10ccccc%10%11)cccc98)cccc76)c5c4c3)c2)cc1. The van der Waals surface area contributed by atoms with Crippen molar-refractivity contribution in [2.24, 2.45) is 0 Å². The standard InChI is InChI=1S/C72H46N2OSSi/c1-4-21-47(22-5-1)48-23-16-24-49(45-48)50-43-44-64-57(46-50)70-62(37-19-39-65(70)75-64)73-58-33-13-10-30-55(58)69-60(73)35-18-36-61(69)74-59-34-14-11-31-56(59)71-63(74)38-20-41-67(71)77(51-25-6-2-7-26-51,52-27-8-3-9-28-52)68-42-17-32-54-53-29-12-15-40-66(53)76-72(54)68/h1-46H. The Bertz CT molecular complexity index is 4950. The third-order valence-electron chi connectivity index (χ3n) is 16.3. The van der Waals surface area contributed by atoms with E-state index < -0.39 is 8.07 Å². The molecule has 0 saturated heterocycles. The van der Waals surface area contributed by atoms with Gasteiger partial charge in [0.2, 0.25) is 0 Å². The van der Waals surface area contributed by atoms with Crippen LogP contribution in [0.2, 0.25) is 0 Å². The summed E-state index contributed by atoms with van der Waals surface area (Å²) in [6.07, 6.45) is 0. The molecule has 0 saturated carbocycles. The average molecular weight is 1020 g/mol. The third kappa shape index (κ3) is 6.48. The number of nitrogens with zero attached hydrogens (tertiary/aromatic N) is 2. The molecule has 0 unspecified atom stereocenters. The highest BCUT2D eigenvalue weighted by Gasteiger charge is 2.45. The van der Waals surface area contributed by atoms with Crippen LogP contribution >= 0.6 is 11.3 Å². The molecule has 0 N–H and O–H groups in total. The Morgan fingerprint density at radius 1 is 0.299 bits per heavy atom. The second-order valence-corrected chi connectivity index (χ2v) is 25.0. The molecule has 0 fully saturated rings. The fourth-order valence-electron chi connectivity index (χ4n) is 13.1. The summed E-state index contributed by atoms with van der Waals surface area (Å²) in [6.45, 7) is 0. The average Bonchev–Trinajstić information content (AvgIpc) is 4.45. The molecule has 0 aliphatic rings. The monoisotopic (exact) mass is 1010 g/mol. The van der Waals surface area contributed by atoms with Crippen LogP contribution in [0.5, 0.6) is 0 Å². The number of benzene rings is 12. The number of fused-ring (bicyclic) bond motifs is 12. The third-order valence-corrected chi connectivity index (χ3v) is 22.5. The van der Waals surface area contributed by atoms with Gasteiger partial charge in [-0.05, 0) is 110 Å². The van der Waals surface area contributed by atoms with Crippen LogP contribution < -0.4 is 20.7 Å². The number of thiophene rings is 1. The van der Waals surface area contributed by atoms with Crippen LogP contribution in [0.4, 0.5) is 0 Å². The minimum atomic E-state index is -3.14. The van der Waals surface area contributed by atoms with E-state index in [1.54, 1.807) is 0 Å². The summed E-state index contributed by atoms with van der Waals surface area (Å²) in [5.41, 5.74) is 13.3. The predicted octanol–water partition coefficient (Wildman–Crippen LogP) is 16.9. The van der Waals surface area contributed by atoms with Gasteiger partial charge in [0.15, 0.2) is 8.07 Å². The minimum Gasteiger partial charge on any atom is -0.456 e. The highest BCUT2D eigenvalue weighted by atomic mass is 32.1. The summed E-state index contributed by atoms with van der Waals surface area (Å²) in [5, 5.41) is 15.3. The molecule has 12 aromatic carbocycles. The van der Waals surface area contributed by atoms with Crippen molar-refractivity contribution in [3.8, 4) is 33.6 Å². The number of aromatic nitrogens is 2. The minimum absolute atomic E-state index is 0.862. The molecule has 3 nitrogen and oxygen atoms in total. The van der Waals surface area contributed by atoms with E-state index in [2.05, 4.69) is 288 Å². The van der Waals surface area contributed by atoms with Crippen LogP contribution in [-0.4, -0.2) is 17.2 Å². The van der Waals surface area contributed by atoms with E-state index in [-0.39, 0.29) is 0 Å². The number of rotatable bonds is 8. The first-order chi connectivity index (χ1) is 38.2. The Morgan fingerprint density at radius 3 is 1.52 bits per heavy atom. The summed E-state index contributed by atoms with van der Waals surface area (Å²) in [5.74, 6) is 0. The summed E-state index contributed by atoms with van der Waals surface area (Å²) in [6, 6.07) is 104. The first-order valence-corrected chi connectivity index (χ1v) is 29.2. The quantitative estimate of drug-likeness (QED) is 0.110. The number of para-hydroxylation sites is 2. The molecule has 0 aliphatic carbocycles. The van der Waals surface area contributed by atoms with Crippen molar-refractivity contribution in [1.29, 1.82) is 0 Å². The van der Waals surface area contributed by atoms with E-state index in [9.17, 15) is 0 Å². The number of hydrogen-bond donors (Lipinski definition) is 0. The molecule has 16 rings (SSSR count). The zero-order valence-electron chi connectivity index (χ0n) is 41.8. The Balaban J connectivity index is 0.965. The fourth-order valence-corrected chi connectivity index (χ4v) is 19.9. The van der Waals surface area contributed by atoms with E-state index in [0.717, 1.165) is 49.9 Å². The van der Waals surface area contributed by atoms with E-state index in [1.165, 1.54) is 90.2 Å². The maximum absolute atomic E-state index is 6.74. The van der Waals surface area contributed by atoms with Gasteiger partial charge < -0.3 is 13.6 Å². The molecule has 0 atom stereocenters. The van der Waals surface area contributed by atoms with Crippen molar-refractivity contribution in [3.63, 3.8) is 0 Å². The topological polar surface area (TPSA) is 23.0 Å². The largest absolute Gasteiger partial charge is 0.456 e. The smallest absolute Gasteiger partial charge is 0.181 e. The molecule has 5 heteroatoms. The first kappa shape index (κ1) is 43.8. The maximum Gasteiger partial charge on any atom is 0.181 e. The summed E-state index contributed by atoms with van der Waals surface area (Å²) < 4.78 is 14.4. The van der Waals surface area contributed by atoms with Gasteiger partial charge in [0.05, 0.1) is 38.8 Å². The van der Waals surface area contributed by atoms with Gasteiger partial charge in [0, 0.05) is 47.1 Å². The molecule has 77 heavy (non-hydrogen) atoms. The van der Waals surface area contributed by atoms with Gasteiger partial charge in [0.25, 0.3) is 0 Å². The second-order valence-electron chi connectivity index (χ2n) is 20.2. The van der Waals surface area contributed by atoms with Crippen molar-refractivity contribution in [1.82, 2.24) is 9.13 Å². The van der Waals surface area contributed by atoms with Crippen molar-refractivity contribution < 1.29 is 4.42 Å². The van der Waals surface area contributed by atoms with Crippen LogP contribution in [0.3, 0.4) is 0 Å². The van der Waals surface area contributed by atoms with E-state index in [4.69, 9.17) is 4.42 Å². The van der Waals surface area contributed by atoms with Crippen molar-refractivity contribution >= 4 is 126 Å². The van der Waals surface area contributed by atoms with Crippen LogP contribution in [0.25, 0.3) is 119 Å². The van der Waals surface area contributed by atoms with Gasteiger partial charge in [0.1, 0.15) is 11.2 Å². The molecule has 0 aliphatic heterocycles. The van der Waals surface area contributed by atoms with Crippen LogP contribution in [-0.2, 0) is 0 Å².